The molecule has 26 heavy (non-hydrogen) atoms. The van der Waals surface area contributed by atoms with E-state index in [2.05, 4.69) is 26.5 Å². The van der Waals surface area contributed by atoms with Crippen LogP contribution in [-0.2, 0) is 9.47 Å². The topological polar surface area (TPSA) is 38.8 Å². The molecule has 0 fully saturated rings. The van der Waals surface area contributed by atoms with Crippen molar-refractivity contribution >= 4 is 17.9 Å². The Balaban J connectivity index is 4.85. The van der Waals surface area contributed by atoms with Crippen molar-refractivity contribution < 1.29 is 14.3 Å². The number of hydrogen-bond donors (Lipinski definition) is 0. The van der Waals surface area contributed by atoms with Gasteiger partial charge in [0.2, 0.25) is 0 Å². The van der Waals surface area contributed by atoms with Crippen molar-refractivity contribution in [2.24, 2.45) is 0 Å². The van der Waals surface area contributed by atoms with Crippen LogP contribution < -0.4 is 0 Å². The van der Waals surface area contributed by atoms with Gasteiger partial charge < -0.3 is 14.4 Å². The van der Waals surface area contributed by atoms with Crippen molar-refractivity contribution in [3.05, 3.63) is 35.8 Å². The molecule has 1 atom stereocenters. The van der Waals surface area contributed by atoms with Crippen molar-refractivity contribution in [2.45, 2.75) is 64.7 Å². The molecule has 0 aliphatic carbocycles. The summed E-state index contributed by atoms with van der Waals surface area (Å²) in [4.78, 5) is 15.0. The van der Waals surface area contributed by atoms with Crippen LogP contribution in [0.15, 0.2) is 35.8 Å². The SMILES string of the molecule is C=C(/C=C\C=C/CC)SC(C)(CCN(CC)C(=O)OC(C)(C)C)COC. The first-order chi connectivity index (χ1) is 12.1. The van der Waals surface area contributed by atoms with E-state index in [-0.39, 0.29) is 10.8 Å². The van der Waals surface area contributed by atoms with Crippen molar-refractivity contribution in [3.8, 4) is 0 Å². The number of thioether (sulfide) groups is 1. The normalized spacial score (nSPS) is 14.6. The number of hydrogen-bond acceptors (Lipinski definition) is 4. The molecular formula is C21H37NO3S. The number of carbonyl (C=O) groups excluding carboxylic acids is 1. The molecule has 0 aliphatic heterocycles. The Kier molecular flexibility index (Phi) is 11.7. The first kappa shape index (κ1) is 24.8. The average Bonchev–Trinajstić information content (AvgIpc) is 2.50. The lowest BCUT2D eigenvalue weighted by Crippen LogP contribution is -2.40. The monoisotopic (exact) mass is 383 g/mol. The molecule has 0 aromatic carbocycles. The van der Waals surface area contributed by atoms with Crippen LogP contribution in [0, 0.1) is 0 Å². The van der Waals surface area contributed by atoms with Gasteiger partial charge in [-0.05, 0) is 53.5 Å². The zero-order chi connectivity index (χ0) is 20.2. The maximum Gasteiger partial charge on any atom is 0.410 e. The van der Waals surface area contributed by atoms with Gasteiger partial charge in [-0.1, -0.05) is 31.7 Å². The van der Waals surface area contributed by atoms with Crippen molar-refractivity contribution in [2.75, 3.05) is 26.8 Å². The Labute approximate surface area is 164 Å². The summed E-state index contributed by atoms with van der Waals surface area (Å²) in [6.45, 7) is 17.8. The third kappa shape index (κ3) is 11.4. The van der Waals surface area contributed by atoms with Crippen molar-refractivity contribution in [1.29, 1.82) is 0 Å². The van der Waals surface area contributed by atoms with E-state index in [0.717, 1.165) is 17.7 Å². The van der Waals surface area contributed by atoms with Crippen LogP contribution in [0.3, 0.4) is 0 Å². The second-order valence-corrected chi connectivity index (χ2v) is 9.17. The Morgan fingerprint density at radius 3 is 2.35 bits per heavy atom. The van der Waals surface area contributed by atoms with E-state index >= 15 is 0 Å². The van der Waals surface area contributed by atoms with Gasteiger partial charge in [-0.2, -0.15) is 0 Å². The van der Waals surface area contributed by atoms with Crippen LogP contribution in [-0.4, -0.2) is 48.1 Å². The fourth-order valence-electron chi connectivity index (χ4n) is 2.26. The number of ether oxygens (including phenoxy) is 2. The van der Waals surface area contributed by atoms with E-state index in [1.54, 1.807) is 23.8 Å². The quantitative estimate of drug-likeness (QED) is 0.422. The number of methoxy groups -OCH3 is 1. The second-order valence-electron chi connectivity index (χ2n) is 7.46. The van der Waals surface area contributed by atoms with Crippen LogP contribution >= 0.6 is 11.8 Å². The van der Waals surface area contributed by atoms with Crippen molar-refractivity contribution in [1.82, 2.24) is 4.90 Å². The summed E-state index contributed by atoms with van der Waals surface area (Å²) in [6.07, 6.45) is 9.68. The number of nitrogens with zero attached hydrogens (tertiary/aromatic N) is 1. The molecule has 0 aromatic rings. The molecule has 0 aliphatic rings. The lowest BCUT2D eigenvalue weighted by atomic mass is 10.1. The molecule has 5 heteroatoms. The fourth-order valence-corrected chi connectivity index (χ4v) is 3.41. The van der Waals surface area contributed by atoms with Gasteiger partial charge in [-0.3, -0.25) is 0 Å². The highest BCUT2D eigenvalue weighted by Crippen LogP contribution is 2.35. The number of carbonyl (C=O) groups is 1. The second kappa shape index (κ2) is 12.2. The Morgan fingerprint density at radius 1 is 1.19 bits per heavy atom. The van der Waals surface area contributed by atoms with Crippen LogP contribution in [0.4, 0.5) is 4.79 Å². The van der Waals surface area contributed by atoms with Gasteiger partial charge in [-0.15, -0.1) is 11.8 Å². The number of rotatable bonds is 11. The maximum atomic E-state index is 12.3. The number of allylic oxidation sites excluding steroid dienone is 4. The van der Waals surface area contributed by atoms with Gasteiger partial charge in [-0.25, -0.2) is 4.79 Å². The van der Waals surface area contributed by atoms with Crippen LogP contribution in [0.25, 0.3) is 0 Å². The molecule has 0 bridgehead atoms. The van der Waals surface area contributed by atoms with E-state index < -0.39 is 5.60 Å². The molecule has 0 rings (SSSR count). The number of amides is 1. The summed E-state index contributed by atoms with van der Waals surface area (Å²) >= 11 is 1.69. The molecule has 0 radical (unpaired) electrons. The highest BCUT2D eigenvalue weighted by Gasteiger charge is 2.28. The van der Waals surface area contributed by atoms with Gasteiger partial charge in [0.05, 0.1) is 6.61 Å². The van der Waals surface area contributed by atoms with Crippen molar-refractivity contribution in [3.63, 3.8) is 0 Å². The first-order valence-corrected chi connectivity index (χ1v) is 10.1. The molecule has 4 nitrogen and oxygen atoms in total. The standard InChI is InChI=1S/C21H37NO3S/c1-9-11-12-13-14-18(3)26-21(7,17-24-8)15-16-22(10-2)19(23)25-20(4,5)6/h11-14H,3,9-10,15-17H2,1-2,4-8H3/b12-11-,14-13-. The zero-order valence-electron chi connectivity index (χ0n) is 17.6. The summed E-state index contributed by atoms with van der Waals surface area (Å²) < 4.78 is 10.7. The van der Waals surface area contributed by atoms with Crippen LogP contribution in [0.5, 0.6) is 0 Å². The van der Waals surface area contributed by atoms with E-state index in [9.17, 15) is 4.79 Å². The highest BCUT2D eigenvalue weighted by atomic mass is 32.2. The summed E-state index contributed by atoms with van der Waals surface area (Å²) in [5, 5.41) is 0. The zero-order valence-corrected chi connectivity index (χ0v) is 18.4. The van der Waals surface area contributed by atoms with Gasteiger partial charge >= 0.3 is 6.09 Å². The van der Waals surface area contributed by atoms with Crippen LogP contribution in [0.2, 0.25) is 0 Å². The highest BCUT2D eigenvalue weighted by molar-refractivity contribution is 8.04. The van der Waals surface area contributed by atoms with Crippen LogP contribution in [0.1, 0.15) is 54.4 Å². The largest absolute Gasteiger partial charge is 0.444 e. The lowest BCUT2D eigenvalue weighted by Gasteiger charge is -2.32. The summed E-state index contributed by atoms with van der Waals surface area (Å²) in [5.74, 6) is 0. The molecule has 0 aromatic heterocycles. The third-order valence-corrected chi connectivity index (χ3v) is 4.75. The molecular weight excluding hydrogens is 346 g/mol. The Morgan fingerprint density at radius 2 is 1.85 bits per heavy atom. The molecule has 0 saturated carbocycles. The molecule has 0 saturated heterocycles. The molecule has 0 heterocycles. The Bertz CT molecular complexity index is 494. The summed E-state index contributed by atoms with van der Waals surface area (Å²) in [5.41, 5.74) is -0.486. The van der Waals surface area contributed by atoms with E-state index in [0.29, 0.717) is 19.7 Å². The third-order valence-electron chi connectivity index (χ3n) is 3.54. The molecule has 1 unspecified atom stereocenters. The molecule has 0 N–H and O–H groups in total. The molecule has 0 spiro atoms. The van der Waals surface area contributed by atoms with Gasteiger partial charge in [0.25, 0.3) is 0 Å². The fraction of sp³-hybridized carbons (Fsp3) is 0.667. The average molecular weight is 384 g/mol. The molecule has 1 amide bonds. The predicted octanol–water partition coefficient (Wildman–Crippen LogP) is 5.81. The smallest absolute Gasteiger partial charge is 0.410 e. The maximum absolute atomic E-state index is 12.3. The minimum Gasteiger partial charge on any atom is -0.444 e. The minimum atomic E-state index is -0.486. The first-order valence-electron chi connectivity index (χ1n) is 9.25. The predicted molar refractivity (Wildman–Crippen MR) is 114 cm³/mol. The van der Waals surface area contributed by atoms with E-state index in [1.807, 2.05) is 45.9 Å². The lowest BCUT2D eigenvalue weighted by molar-refractivity contribution is 0.0248. The summed E-state index contributed by atoms with van der Waals surface area (Å²) in [7, 11) is 1.70. The summed E-state index contributed by atoms with van der Waals surface area (Å²) in [6, 6.07) is 0. The molecule has 150 valence electrons. The van der Waals surface area contributed by atoms with E-state index in [4.69, 9.17) is 9.47 Å². The van der Waals surface area contributed by atoms with Gasteiger partial charge in [0, 0.05) is 29.9 Å². The van der Waals surface area contributed by atoms with E-state index in [1.165, 1.54) is 0 Å². The van der Waals surface area contributed by atoms with Gasteiger partial charge in [0.15, 0.2) is 0 Å². The Hall–Kier alpha value is -1.20. The minimum absolute atomic E-state index is 0.167. The van der Waals surface area contributed by atoms with Gasteiger partial charge in [0.1, 0.15) is 5.60 Å².